The fourth-order valence-electron chi connectivity index (χ4n) is 6.13. The van der Waals surface area contributed by atoms with E-state index < -0.39 is 0 Å². The van der Waals surface area contributed by atoms with Crippen LogP contribution in [0.1, 0.15) is 16.1 Å². The molecule has 0 aliphatic carbocycles. The Balaban J connectivity index is 1.73. The van der Waals surface area contributed by atoms with Crippen LogP contribution in [-0.2, 0) is 7.05 Å². The van der Waals surface area contributed by atoms with E-state index in [4.69, 9.17) is 0 Å². The lowest BCUT2D eigenvalue weighted by Crippen LogP contribution is -2.07. The third-order valence-electron chi connectivity index (χ3n) is 8.01. The highest BCUT2D eigenvalue weighted by atomic mass is 16.1. The highest BCUT2D eigenvalue weighted by molar-refractivity contribution is 6.20. The molecular weight excluding hydrogens is 510 g/mol. The third-order valence-corrected chi connectivity index (χ3v) is 8.01. The van der Waals surface area contributed by atoms with Gasteiger partial charge in [-0.05, 0) is 39.4 Å². The van der Waals surface area contributed by atoms with Gasteiger partial charge in [0, 0.05) is 29.1 Å². The van der Waals surface area contributed by atoms with Crippen molar-refractivity contribution in [1.82, 2.24) is 4.57 Å². The number of aryl methyl sites for hydroxylation is 1. The first-order valence-electron chi connectivity index (χ1n) is 14.2. The Morgan fingerprint density at radius 2 is 0.810 bits per heavy atom. The van der Waals surface area contributed by atoms with Crippen LogP contribution in [0.5, 0.6) is 0 Å². The molecule has 2 nitrogen and oxygen atoms in total. The topological polar surface area (TPSA) is 22.0 Å². The van der Waals surface area contributed by atoms with Crippen LogP contribution < -0.4 is 0 Å². The average molecular weight is 540 g/mol. The molecule has 0 unspecified atom stereocenters. The molecule has 6 aromatic carbocycles. The van der Waals surface area contributed by atoms with Gasteiger partial charge in [-0.3, -0.25) is 4.79 Å². The molecule has 42 heavy (non-hydrogen) atoms. The quantitative estimate of drug-likeness (QED) is 0.193. The molecule has 200 valence electrons. The van der Waals surface area contributed by atoms with Crippen LogP contribution in [0.3, 0.4) is 0 Å². The maximum atomic E-state index is 14.0. The predicted octanol–water partition coefficient (Wildman–Crippen LogP) is 10.1. The fraction of sp³-hybridized carbons (Fsp3) is 0.0250. The number of nitrogens with zero attached hydrogens (tertiary/aromatic N) is 1. The maximum Gasteiger partial charge on any atom is 0.209 e. The molecule has 0 aliphatic heterocycles. The van der Waals surface area contributed by atoms with Gasteiger partial charge in [-0.1, -0.05) is 152 Å². The third kappa shape index (κ3) is 4.34. The van der Waals surface area contributed by atoms with Gasteiger partial charge in [-0.2, -0.15) is 0 Å². The minimum absolute atomic E-state index is 0.00912. The molecule has 7 aromatic rings. The van der Waals surface area contributed by atoms with Crippen molar-refractivity contribution in [2.45, 2.75) is 0 Å². The Bertz CT molecular complexity index is 2010. The van der Waals surface area contributed by atoms with Gasteiger partial charge >= 0.3 is 0 Å². The minimum atomic E-state index is 0.00912. The highest BCUT2D eigenvalue weighted by Crippen LogP contribution is 2.51. The lowest BCUT2D eigenvalue weighted by molar-refractivity contribution is 0.103. The lowest BCUT2D eigenvalue weighted by atomic mass is 9.80. The van der Waals surface area contributed by atoms with Gasteiger partial charge in [0.15, 0.2) is 0 Å². The Labute approximate surface area is 246 Å². The van der Waals surface area contributed by atoms with E-state index in [1.54, 1.807) is 0 Å². The van der Waals surface area contributed by atoms with Gasteiger partial charge in [0.1, 0.15) is 0 Å². The molecule has 2 heteroatoms. The summed E-state index contributed by atoms with van der Waals surface area (Å²) in [5, 5.41) is 1.06. The van der Waals surface area contributed by atoms with E-state index in [1.165, 1.54) is 0 Å². The standard InChI is InChI=1S/C40H29NO/c1-41-34(40(42)32-25-15-6-16-26-32)27-33-35(28-17-7-2-8-18-28)36(29-19-9-3-10-20-29)37(30-21-11-4-12-22-30)38(39(33)41)31-23-13-5-14-24-31/h2-27H,1H3. The van der Waals surface area contributed by atoms with E-state index >= 15 is 0 Å². The zero-order valence-electron chi connectivity index (χ0n) is 23.4. The van der Waals surface area contributed by atoms with Gasteiger partial charge in [0.25, 0.3) is 0 Å². The largest absolute Gasteiger partial charge is 0.340 e. The molecule has 0 atom stereocenters. The second-order valence-electron chi connectivity index (χ2n) is 10.5. The van der Waals surface area contributed by atoms with Crippen molar-refractivity contribution in [3.63, 3.8) is 0 Å². The Kier molecular flexibility index (Phi) is 6.58. The van der Waals surface area contributed by atoms with Crippen molar-refractivity contribution in [2.24, 2.45) is 7.05 Å². The Morgan fingerprint density at radius 1 is 0.452 bits per heavy atom. The van der Waals surface area contributed by atoms with Gasteiger partial charge in [-0.25, -0.2) is 0 Å². The van der Waals surface area contributed by atoms with E-state index in [0.717, 1.165) is 55.4 Å². The van der Waals surface area contributed by atoms with Crippen LogP contribution in [0.25, 0.3) is 55.4 Å². The summed E-state index contributed by atoms with van der Waals surface area (Å²) in [7, 11) is 2.02. The number of ketones is 1. The molecule has 1 heterocycles. The summed E-state index contributed by atoms with van der Waals surface area (Å²) in [5.74, 6) is 0.00912. The molecule has 0 amide bonds. The summed E-state index contributed by atoms with van der Waals surface area (Å²) in [4.78, 5) is 14.0. The first-order valence-corrected chi connectivity index (χ1v) is 14.2. The molecular formula is C40H29NO. The first kappa shape index (κ1) is 25.5. The van der Waals surface area contributed by atoms with Gasteiger partial charge in [0.05, 0.1) is 11.2 Å². The van der Waals surface area contributed by atoms with Crippen molar-refractivity contribution in [3.8, 4) is 44.5 Å². The van der Waals surface area contributed by atoms with Gasteiger partial charge in [-0.15, -0.1) is 0 Å². The van der Waals surface area contributed by atoms with Gasteiger partial charge in [0.2, 0.25) is 5.78 Å². The number of fused-ring (bicyclic) bond motifs is 1. The number of rotatable bonds is 6. The monoisotopic (exact) mass is 539 g/mol. The fourth-order valence-corrected chi connectivity index (χ4v) is 6.13. The van der Waals surface area contributed by atoms with Crippen molar-refractivity contribution in [1.29, 1.82) is 0 Å². The van der Waals surface area contributed by atoms with Crippen LogP contribution in [0.4, 0.5) is 0 Å². The average Bonchev–Trinajstić information content (AvgIpc) is 3.41. The molecule has 0 bridgehead atoms. The lowest BCUT2D eigenvalue weighted by Gasteiger charge is -2.23. The number of benzene rings is 6. The van der Waals surface area contributed by atoms with Crippen LogP contribution >= 0.6 is 0 Å². The number of hydrogen-bond donors (Lipinski definition) is 0. The van der Waals surface area contributed by atoms with E-state index in [1.807, 2.05) is 37.4 Å². The maximum absolute atomic E-state index is 14.0. The summed E-state index contributed by atoms with van der Waals surface area (Å²) in [6.07, 6.45) is 0. The summed E-state index contributed by atoms with van der Waals surface area (Å²) < 4.78 is 2.10. The number of carbonyl (C=O) groups excluding carboxylic acids is 1. The Hall–Kier alpha value is -5.47. The summed E-state index contributed by atoms with van der Waals surface area (Å²) >= 11 is 0. The molecule has 0 aliphatic rings. The number of carbonyl (C=O) groups is 1. The second-order valence-corrected chi connectivity index (χ2v) is 10.5. The van der Waals surface area contributed by atoms with Crippen LogP contribution in [0, 0.1) is 0 Å². The van der Waals surface area contributed by atoms with Crippen LogP contribution in [0.2, 0.25) is 0 Å². The van der Waals surface area contributed by atoms with E-state index in [9.17, 15) is 4.79 Å². The molecule has 0 saturated carbocycles. The second kappa shape index (κ2) is 10.8. The van der Waals surface area contributed by atoms with Crippen molar-refractivity contribution in [2.75, 3.05) is 0 Å². The van der Waals surface area contributed by atoms with Gasteiger partial charge < -0.3 is 4.57 Å². The molecule has 0 spiro atoms. The highest BCUT2D eigenvalue weighted by Gasteiger charge is 2.28. The SMILES string of the molecule is Cn1c(C(=O)c2ccccc2)cc2c(-c3ccccc3)c(-c3ccccc3)c(-c3ccccc3)c(-c3ccccc3)c21. The summed E-state index contributed by atoms with van der Waals surface area (Å²) in [5.41, 5.74) is 11.4. The predicted molar refractivity (Wildman–Crippen MR) is 175 cm³/mol. The number of aromatic nitrogens is 1. The first-order chi connectivity index (χ1) is 20.7. The number of hydrogen-bond acceptors (Lipinski definition) is 1. The van der Waals surface area contributed by atoms with Crippen molar-refractivity contribution < 1.29 is 4.79 Å². The molecule has 0 N–H and O–H groups in total. The van der Waals surface area contributed by atoms with Crippen LogP contribution in [-0.4, -0.2) is 10.4 Å². The van der Waals surface area contributed by atoms with Crippen LogP contribution in [0.15, 0.2) is 158 Å². The van der Waals surface area contributed by atoms with E-state index in [2.05, 4.69) is 132 Å². The minimum Gasteiger partial charge on any atom is -0.340 e. The molecule has 0 saturated heterocycles. The Morgan fingerprint density at radius 3 is 1.26 bits per heavy atom. The zero-order chi connectivity index (χ0) is 28.5. The smallest absolute Gasteiger partial charge is 0.209 e. The molecule has 7 rings (SSSR count). The summed E-state index contributed by atoms with van der Waals surface area (Å²) in [6.45, 7) is 0. The van der Waals surface area contributed by atoms with Crippen molar-refractivity contribution >= 4 is 16.7 Å². The normalized spacial score (nSPS) is 11.1. The van der Waals surface area contributed by atoms with E-state index in [0.29, 0.717) is 11.3 Å². The molecule has 0 radical (unpaired) electrons. The zero-order valence-corrected chi connectivity index (χ0v) is 23.4. The van der Waals surface area contributed by atoms with Crippen molar-refractivity contribution in [3.05, 3.63) is 169 Å². The molecule has 1 aromatic heterocycles. The van der Waals surface area contributed by atoms with E-state index in [-0.39, 0.29) is 5.78 Å². The summed E-state index contributed by atoms with van der Waals surface area (Å²) in [6, 6.07) is 54.0. The molecule has 0 fully saturated rings.